The highest BCUT2D eigenvalue weighted by Gasteiger charge is 2.06. The van der Waals surface area contributed by atoms with Crippen molar-refractivity contribution in [1.29, 1.82) is 0 Å². The average Bonchev–Trinajstić information content (AvgIpc) is 2.25. The first-order chi connectivity index (χ1) is 7.66. The summed E-state index contributed by atoms with van der Waals surface area (Å²) < 4.78 is 0. The van der Waals surface area contributed by atoms with E-state index < -0.39 is 12.1 Å². The number of rotatable bonds is 11. The maximum Gasteiger partial charge on any atom is 0.303 e. The van der Waals surface area contributed by atoms with Crippen molar-refractivity contribution in [2.75, 3.05) is 6.61 Å². The molecule has 1 atom stereocenters. The first-order valence-electron chi connectivity index (χ1n) is 6.17. The third kappa shape index (κ3) is 11.5. The van der Waals surface area contributed by atoms with Crippen LogP contribution in [0.15, 0.2) is 0 Å². The zero-order valence-electron chi connectivity index (χ0n) is 9.90. The van der Waals surface area contributed by atoms with E-state index in [-0.39, 0.29) is 13.0 Å². The summed E-state index contributed by atoms with van der Waals surface area (Å²) in [6.07, 6.45) is 6.89. The van der Waals surface area contributed by atoms with Gasteiger partial charge in [-0.05, 0) is 19.3 Å². The first-order valence-corrected chi connectivity index (χ1v) is 6.17. The molecule has 0 aromatic carbocycles. The van der Waals surface area contributed by atoms with Crippen LogP contribution in [-0.2, 0) is 4.79 Å². The van der Waals surface area contributed by atoms with Crippen molar-refractivity contribution < 1.29 is 20.1 Å². The van der Waals surface area contributed by atoms with Crippen LogP contribution < -0.4 is 0 Å². The maximum atomic E-state index is 10.2. The van der Waals surface area contributed by atoms with Gasteiger partial charge in [-0.2, -0.15) is 0 Å². The summed E-state index contributed by atoms with van der Waals surface area (Å²) in [4.78, 5) is 10.2. The molecule has 0 aliphatic rings. The molecule has 0 aliphatic heterocycles. The Balaban J connectivity index is 3.15. The molecular weight excluding hydrogens is 208 g/mol. The molecule has 0 spiro atoms. The number of carboxylic acid groups (broad SMARTS) is 1. The molecular formula is C12H24O4. The molecule has 0 saturated heterocycles. The van der Waals surface area contributed by atoms with Gasteiger partial charge in [-0.3, -0.25) is 4.79 Å². The predicted molar refractivity (Wildman–Crippen MR) is 62.3 cm³/mol. The Morgan fingerprint density at radius 2 is 1.50 bits per heavy atom. The van der Waals surface area contributed by atoms with E-state index in [1.165, 1.54) is 0 Å². The second kappa shape index (κ2) is 10.9. The SMILES string of the molecule is O=C(O)CCC(O)CCCCCCCCO. The molecule has 1 unspecified atom stereocenters. The van der Waals surface area contributed by atoms with Crippen molar-refractivity contribution in [2.45, 2.75) is 63.9 Å². The van der Waals surface area contributed by atoms with Gasteiger partial charge in [0.25, 0.3) is 0 Å². The number of aliphatic hydroxyl groups excluding tert-OH is 2. The standard InChI is InChI=1S/C12H24O4/c13-10-6-4-2-1-3-5-7-11(14)8-9-12(15)16/h11,13-14H,1-10H2,(H,15,16). The zero-order valence-corrected chi connectivity index (χ0v) is 9.90. The second-order valence-corrected chi connectivity index (χ2v) is 4.22. The predicted octanol–water partition coefficient (Wildman–Crippen LogP) is 1.94. The second-order valence-electron chi connectivity index (χ2n) is 4.22. The number of hydrogen-bond donors (Lipinski definition) is 3. The van der Waals surface area contributed by atoms with E-state index in [9.17, 15) is 9.90 Å². The summed E-state index contributed by atoms with van der Waals surface area (Å²) in [6.45, 7) is 0.272. The van der Waals surface area contributed by atoms with Gasteiger partial charge in [0, 0.05) is 13.0 Å². The van der Waals surface area contributed by atoms with Crippen LogP contribution in [0.25, 0.3) is 0 Å². The summed E-state index contributed by atoms with van der Waals surface area (Å²) in [7, 11) is 0. The Kier molecular flexibility index (Phi) is 10.5. The molecule has 4 heteroatoms. The van der Waals surface area contributed by atoms with E-state index in [1.807, 2.05) is 0 Å². The molecule has 16 heavy (non-hydrogen) atoms. The number of unbranched alkanes of at least 4 members (excludes halogenated alkanes) is 5. The van der Waals surface area contributed by atoms with Crippen LogP contribution in [0.5, 0.6) is 0 Å². The Labute approximate surface area is 97.3 Å². The average molecular weight is 232 g/mol. The van der Waals surface area contributed by atoms with Gasteiger partial charge in [-0.25, -0.2) is 0 Å². The molecule has 0 saturated carbocycles. The third-order valence-electron chi connectivity index (χ3n) is 2.64. The van der Waals surface area contributed by atoms with E-state index in [2.05, 4.69) is 0 Å². The third-order valence-corrected chi connectivity index (χ3v) is 2.64. The molecule has 0 rings (SSSR count). The first kappa shape index (κ1) is 15.4. The van der Waals surface area contributed by atoms with E-state index >= 15 is 0 Å². The van der Waals surface area contributed by atoms with Crippen LogP contribution in [0.3, 0.4) is 0 Å². The summed E-state index contributed by atoms with van der Waals surface area (Å²) in [5.41, 5.74) is 0. The molecule has 0 aromatic heterocycles. The van der Waals surface area contributed by atoms with Crippen LogP contribution in [0.1, 0.15) is 57.8 Å². The minimum atomic E-state index is -0.844. The molecule has 0 bridgehead atoms. The number of carbonyl (C=O) groups is 1. The van der Waals surface area contributed by atoms with E-state index in [1.54, 1.807) is 0 Å². The highest BCUT2D eigenvalue weighted by molar-refractivity contribution is 5.66. The van der Waals surface area contributed by atoms with Gasteiger partial charge < -0.3 is 15.3 Å². The van der Waals surface area contributed by atoms with Crippen molar-refractivity contribution in [2.24, 2.45) is 0 Å². The van der Waals surface area contributed by atoms with Crippen molar-refractivity contribution in [3.05, 3.63) is 0 Å². The summed E-state index contributed by atoms with van der Waals surface area (Å²) in [5, 5.41) is 26.4. The molecule has 96 valence electrons. The van der Waals surface area contributed by atoms with E-state index in [0.717, 1.165) is 38.5 Å². The monoisotopic (exact) mass is 232 g/mol. The number of hydrogen-bond acceptors (Lipinski definition) is 3. The van der Waals surface area contributed by atoms with Crippen molar-refractivity contribution in [3.8, 4) is 0 Å². The lowest BCUT2D eigenvalue weighted by Gasteiger charge is -2.08. The normalized spacial score (nSPS) is 12.6. The fraction of sp³-hybridized carbons (Fsp3) is 0.917. The van der Waals surface area contributed by atoms with Gasteiger partial charge in [0.1, 0.15) is 0 Å². The Hall–Kier alpha value is -0.610. The quantitative estimate of drug-likeness (QED) is 0.476. The van der Waals surface area contributed by atoms with Gasteiger partial charge in [0.2, 0.25) is 0 Å². The highest BCUT2D eigenvalue weighted by atomic mass is 16.4. The molecule has 4 nitrogen and oxygen atoms in total. The molecule has 0 aromatic rings. The lowest BCUT2D eigenvalue weighted by molar-refractivity contribution is -0.137. The fourth-order valence-electron chi connectivity index (χ4n) is 1.63. The van der Waals surface area contributed by atoms with Gasteiger partial charge in [0.15, 0.2) is 0 Å². The zero-order chi connectivity index (χ0) is 12.2. The number of aliphatic carboxylic acids is 1. The van der Waals surface area contributed by atoms with Crippen molar-refractivity contribution >= 4 is 5.97 Å². The molecule has 0 aliphatic carbocycles. The van der Waals surface area contributed by atoms with Crippen LogP contribution in [0.4, 0.5) is 0 Å². The smallest absolute Gasteiger partial charge is 0.303 e. The van der Waals surface area contributed by atoms with Crippen molar-refractivity contribution in [1.82, 2.24) is 0 Å². The van der Waals surface area contributed by atoms with Gasteiger partial charge in [-0.1, -0.05) is 32.1 Å². The van der Waals surface area contributed by atoms with Crippen LogP contribution in [0, 0.1) is 0 Å². The maximum absolute atomic E-state index is 10.2. The van der Waals surface area contributed by atoms with Crippen LogP contribution in [0.2, 0.25) is 0 Å². The van der Waals surface area contributed by atoms with Gasteiger partial charge >= 0.3 is 5.97 Å². The minimum absolute atomic E-state index is 0.0532. The fourth-order valence-corrected chi connectivity index (χ4v) is 1.63. The molecule has 3 N–H and O–H groups in total. The lowest BCUT2D eigenvalue weighted by Crippen LogP contribution is -2.09. The molecule has 0 heterocycles. The summed E-state index contributed by atoms with van der Waals surface area (Å²) >= 11 is 0. The topological polar surface area (TPSA) is 77.8 Å². The summed E-state index contributed by atoms with van der Waals surface area (Å²) in [6, 6.07) is 0. The van der Waals surface area contributed by atoms with Crippen LogP contribution in [-0.4, -0.2) is 34.0 Å². The van der Waals surface area contributed by atoms with Gasteiger partial charge in [0.05, 0.1) is 6.10 Å². The lowest BCUT2D eigenvalue weighted by atomic mass is 10.0. The highest BCUT2D eigenvalue weighted by Crippen LogP contribution is 2.11. The Bertz CT molecular complexity index is 170. The minimum Gasteiger partial charge on any atom is -0.481 e. The number of aliphatic hydroxyl groups is 2. The largest absolute Gasteiger partial charge is 0.481 e. The molecule has 0 fully saturated rings. The van der Waals surface area contributed by atoms with Crippen LogP contribution >= 0.6 is 0 Å². The van der Waals surface area contributed by atoms with Gasteiger partial charge in [-0.15, -0.1) is 0 Å². The summed E-state index contributed by atoms with van der Waals surface area (Å²) in [5.74, 6) is -0.844. The molecule has 0 amide bonds. The van der Waals surface area contributed by atoms with E-state index in [4.69, 9.17) is 10.2 Å². The Morgan fingerprint density at radius 1 is 0.938 bits per heavy atom. The van der Waals surface area contributed by atoms with E-state index in [0.29, 0.717) is 12.8 Å². The molecule has 0 radical (unpaired) electrons. The van der Waals surface area contributed by atoms with Crippen molar-refractivity contribution in [3.63, 3.8) is 0 Å². The Morgan fingerprint density at radius 3 is 2.06 bits per heavy atom. The number of carboxylic acids is 1.